The highest BCUT2D eigenvalue weighted by Crippen LogP contribution is 2.44. The number of likely N-dealkylation sites (N-methyl/N-ethyl adjacent to an activating group) is 1. The summed E-state index contributed by atoms with van der Waals surface area (Å²) in [7, 11) is 1.26. The van der Waals surface area contributed by atoms with Crippen LogP contribution in [-0.4, -0.2) is 66.8 Å². The Hall–Kier alpha value is -3.88. The number of amides is 2. The summed E-state index contributed by atoms with van der Waals surface area (Å²) in [6.07, 6.45) is -1.23. The van der Waals surface area contributed by atoms with Crippen molar-refractivity contribution in [2.45, 2.75) is 38.1 Å². The van der Waals surface area contributed by atoms with Crippen LogP contribution in [0.25, 0.3) is 11.1 Å². The first kappa shape index (κ1) is 25.7. The second-order valence-electron chi connectivity index (χ2n) is 8.20. The molecule has 1 aliphatic rings. The number of benzene rings is 2. The summed E-state index contributed by atoms with van der Waals surface area (Å²) in [5, 5.41) is 11.6. The topological polar surface area (TPSA) is 122 Å². The first-order valence-electron chi connectivity index (χ1n) is 11.5. The standard InChI is InChI=1S/C26H30N2O7/c1-3-28(15-14-24(31)34-2)25(32)22(12-13-23(29)30)27-26(33)35-16-21-19-10-6-4-8-17(19)18-9-5-7-11-20(18)21/h4-11,21-22H,3,12-16H2,1-2H3,(H,27,33)(H,29,30). The van der Waals surface area contributed by atoms with Gasteiger partial charge in [0, 0.05) is 25.4 Å². The van der Waals surface area contributed by atoms with Gasteiger partial charge in [0.05, 0.1) is 13.5 Å². The van der Waals surface area contributed by atoms with Gasteiger partial charge in [0.25, 0.3) is 0 Å². The van der Waals surface area contributed by atoms with Crippen molar-refractivity contribution in [2.24, 2.45) is 0 Å². The number of ether oxygens (including phenoxy) is 2. The van der Waals surface area contributed by atoms with Gasteiger partial charge >= 0.3 is 18.0 Å². The molecule has 0 aliphatic heterocycles. The molecule has 1 unspecified atom stereocenters. The minimum absolute atomic E-state index is 0.00727. The van der Waals surface area contributed by atoms with Gasteiger partial charge in [-0.15, -0.1) is 0 Å². The van der Waals surface area contributed by atoms with Gasteiger partial charge in [-0.2, -0.15) is 0 Å². The summed E-state index contributed by atoms with van der Waals surface area (Å²) in [4.78, 5) is 49.7. The Bertz CT molecular complexity index is 1040. The van der Waals surface area contributed by atoms with Gasteiger partial charge in [-0.25, -0.2) is 4.79 Å². The Labute approximate surface area is 204 Å². The minimum atomic E-state index is -1.10. The fourth-order valence-corrected chi connectivity index (χ4v) is 4.28. The van der Waals surface area contributed by atoms with Crippen LogP contribution in [-0.2, 0) is 23.9 Å². The van der Waals surface area contributed by atoms with E-state index in [-0.39, 0.29) is 44.9 Å². The normalized spacial score (nSPS) is 12.7. The van der Waals surface area contributed by atoms with E-state index in [9.17, 15) is 19.2 Å². The Morgan fingerprint density at radius 1 is 1.00 bits per heavy atom. The lowest BCUT2D eigenvalue weighted by Gasteiger charge is -2.26. The third kappa shape index (κ3) is 6.38. The van der Waals surface area contributed by atoms with Gasteiger partial charge in [-0.1, -0.05) is 48.5 Å². The highest BCUT2D eigenvalue weighted by molar-refractivity contribution is 5.86. The molecule has 2 N–H and O–H groups in total. The molecule has 2 amide bonds. The second kappa shape index (κ2) is 12.0. The molecule has 1 aliphatic carbocycles. The molecule has 0 aromatic heterocycles. The number of hydrogen-bond donors (Lipinski definition) is 2. The second-order valence-corrected chi connectivity index (χ2v) is 8.20. The molecule has 0 bridgehead atoms. The van der Waals surface area contributed by atoms with Crippen LogP contribution in [0.5, 0.6) is 0 Å². The number of fused-ring (bicyclic) bond motifs is 3. The van der Waals surface area contributed by atoms with Crippen molar-refractivity contribution in [2.75, 3.05) is 26.8 Å². The number of nitrogens with one attached hydrogen (secondary N) is 1. The molecule has 2 aromatic rings. The molecule has 0 fully saturated rings. The molecular weight excluding hydrogens is 452 g/mol. The fourth-order valence-electron chi connectivity index (χ4n) is 4.28. The SMILES string of the molecule is CCN(CCC(=O)OC)C(=O)C(CCC(=O)O)NC(=O)OCC1c2ccccc2-c2ccccc21. The molecule has 0 radical (unpaired) electrons. The Morgan fingerprint density at radius 3 is 2.14 bits per heavy atom. The number of carbonyl (C=O) groups excluding carboxylic acids is 3. The predicted octanol–water partition coefficient (Wildman–Crippen LogP) is 3.17. The Balaban J connectivity index is 1.67. The van der Waals surface area contributed by atoms with E-state index in [1.54, 1.807) is 6.92 Å². The summed E-state index contributed by atoms with van der Waals surface area (Å²) in [5.41, 5.74) is 4.30. The van der Waals surface area contributed by atoms with E-state index in [1.165, 1.54) is 12.0 Å². The van der Waals surface area contributed by atoms with Crippen molar-refractivity contribution < 1.29 is 33.8 Å². The number of hydrogen-bond acceptors (Lipinski definition) is 6. The number of alkyl carbamates (subject to hydrolysis) is 1. The van der Waals surface area contributed by atoms with Crippen molar-refractivity contribution >= 4 is 23.9 Å². The number of carboxylic acids is 1. The average Bonchev–Trinajstić information content (AvgIpc) is 3.18. The highest BCUT2D eigenvalue weighted by Gasteiger charge is 2.31. The Morgan fingerprint density at radius 2 is 1.60 bits per heavy atom. The molecule has 2 aromatic carbocycles. The van der Waals surface area contributed by atoms with Gasteiger partial charge in [-0.3, -0.25) is 14.4 Å². The van der Waals surface area contributed by atoms with E-state index >= 15 is 0 Å². The largest absolute Gasteiger partial charge is 0.481 e. The van der Waals surface area contributed by atoms with Gasteiger partial charge in [0.15, 0.2) is 0 Å². The van der Waals surface area contributed by atoms with Crippen LogP contribution < -0.4 is 5.32 Å². The molecule has 0 spiro atoms. The van der Waals surface area contributed by atoms with Crippen LogP contribution in [0, 0.1) is 0 Å². The van der Waals surface area contributed by atoms with Crippen molar-refractivity contribution in [1.29, 1.82) is 0 Å². The van der Waals surface area contributed by atoms with E-state index in [0.29, 0.717) is 0 Å². The van der Waals surface area contributed by atoms with Crippen LogP contribution in [0.1, 0.15) is 43.2 Å². The van der Waals surface area contributed by atoms with Crippen molar-refractivity contribution in [3.63, 3.8) is 0 Å². The number of aliphatic carboxylic acids is 1. The lowest BCUT2D eigenvalue weighted by molar-refractivity contribution is -0.142. The maximum absolute atomic E-state index is 13.0. The summed E-state index contributed by atoms with van der Waals surface area (Å²) >= 11 is 0. The zero-order chi connectivity index (χ0) is 25.4. The number of carbonyl (C=O) groups is 4. The van der Waals surface area contributed by atoms with E-state index < -0.39 is 30.0 Å². The molecule has 186 valence electrons. The first-order chi connectivity index (χ1) is 16.8. The average molecular weight is 483 g/mol. The number of carboxylic acid groups (broad SMARTS) is 1. The van der Waals surface area contributed by atoms with E-state index in [1.807, 2.05) is 48.5 Å². The minimum Gasteiger partial charge on any atom is -0.481 e. The third-order valence-corrected chi connectivity index (χ3v) is 6.09. The lowest BCUT2D eigenvalue weighted by Crippen LogP contribution is -2.49. The lowest BCUT2D eigenvalue weighted by atomic mass is 9.98. The van der Waals surface area contributed by atoms with Crippen LogP contribution in [0.15, 0.2) is 48.5 Å². The van der Waals surface area contributed by atoms with E-state index in [2.05, 4.69) is 10.1 Å². The number of esters is 1. The number of nitrogens with zero attached hydrogens (tertiary/aromatic N) is 1. The van der Waals surface area contributed by atoms with Crippen LogP contribution in [0.2, 0.25) is 0 Å². The molecule has 3 rings (SSSR count). The molecule has 0 saturated carbocycles. The summed E-state index contributed by atoms with van der Waals surface area (Å²) in [6, 6.07) is 14.8. The first-order valence-corrected chi connectivity index (χ1v) is 11.5. The predicted molar refractivity (Wildman–Crippen MR) is 128 cm³/mol. The zero-order valence-corrected chi connectivity index (χ0v) is 19.9. The Kier molecular flexibility index (Phi) is 8.83. The molecule has 9 nitrogen and oxygen atoms in total. The molecule has 1 atom stereocenters. The maximum atomic E-state index is 13.0. The van der Waals surface area contributed by atoms with Gasteiger partial charge < -0.3 is 24.8 Å². The van der Waals surface area contributed by atoms with Gasteiger partial charge in [0.1, 0.15) is 12.6 Å². The van der Waals surface area contributed by atoms with Gasteiger partial charge in [-0.05, 0) is 35.6 Å². The zero-order valence-electron chi connectivity index (χ0n) is 19.9. The van der Waals surface area contributed by atoms with Crippen molar-refractivity contribution in [3.8, 4) is 11.1 Å². The van der Waals surface area contributed by atoms with Gasteiger partial charge in [0.2, 0.25) is 5.91 Å². The number of rotatable bonds is 11. The van der Waals surface area contributed by atoms with E-state index in [4.69, 9.17) is 9.84 Å². The molecule has 0 heterocycles. The molecular formula is C26H30N2O7. The smallest absolute Gasteiger partial charge is 0.407 e. The molecule has 0 saturated heterocycles. The monoisotopic (exact) mass is 482 g/mol. The highest BCUT2D eigenvalue weighted by atomic mass is 16.5. The third-order valence-electron chi connectivity index (χ3n) is 6.09. The maximum Gasteiger partial charge on any atom is 0.407 e. The van der Waals surface area contributed by atoms with Crippen LogP contribution in [0.3, 0.4) is 0 Å². The van der Waals surface area contributed by atoms with Crippen molar-refractivity contribution in [3.05, 3.63) is 59.7 Å². The van der Waals surface area contributed by atoms with E-state index in [0.717, 1.165) is 22.3 Å². The quantitative estimate of drug-likeness (QED) is 0.472. The fraction of sp³-hybridized carbons (Fsp3) is 0.385. The van der Waals surface area contributed by atoms with Crippen molar-refractivity contribution in [1.82, 2.24) is 10.2 Å². The molecule has 9 heteroatoms. The van der Waals surface area contributed by atoms with Crippen LogP contribution in [0.4, 0.5) is 4.79 Å². The number of methoxy groups -OCH3 is 1. The summed E-state index contributed by atoms with van der Waals surface area (Å²) in [5.74, 6) is -2.18. The van der Waals surface area contributed by atoms with Crippen LogP contribution >= 0.6 is 0 Å². The summed E-state index contributed by atoms with van der Waals surface area (Å²) < 4.78 is 10.1. The molecule has 35 heavy (non-hydrogen) atoms. The summed E-state index contributed by atoms with van der Waals surface area (Å²) in [6.45, 7) is 2.18.